The van der Waals surface area contributed by atoms with Crippen LogP contribution in [0.25, 0.3) is 0 Å². The van der Waals surface area contributed by atoms with Gasteiger partial charge in [0.2, 0.25) is 5.91 Å². The van der Waals surface area contributed by atoms with Crippen LogP contribution in [0.15, 0.2) is 54.6 Å². The number of amides is 1. The van der Waals surface area contributed by atoms with Crippen LogP contribution in [0.1, 0.15) is 43.4 Å². The first kappa shape index (κ1) is 21.4. The lowest BCUT2D eigenvalue weighted by atomic mass is 9.96. The number of halogens is 1. The maximum atomic E-state index is 13.2. The zero-order valence-electron chi connectivity index (χ0n) is 17.8. The van der Waals surface area contributed by atoms with Crippen molar-refractivity contribution >= 4 is 17.5 Å². The third-order valence-electron chi connectivity index (χ3n) is 6.60. The van der Waals surface area contributed by atoms with Crippen LogP contribution >= 0.6 is 11.6 Å². The molecule has 4 nitrogen and oxygen atoms in total. The highest BCUT2D eigenvalue weighted by molar-refractivity contribution is 6.30. The number of rotatable bonds is 5. The van der Waals surface area contributed by atoms with Gasteiger partial charge in [-0.3, -0.25) is 14.6 Å². The number of hydrogen-bond donors (Lipinski definition) is 0. The van der Waals surface area contributed by atoms with Gasteiger partial charge in [0.25, 0.3) is 0 Å². The molecule has 5 heteroatoms. The molecule has 2 aromatic carbocycles. The lowest BCUT2D eigenvalue weighted by Crippen LogP contribution is -2.56. The summed E-state index contributed by atoms with van der Waals surface area (Å²) < 4.78 is 0. The van der Waals surface area contributed by atoms with E-state index in [-0.39, 0.29) is 12.1 Å². The molecule has 160 valence electrons. The zero-order valence-corrected chi connectivity index (χ0v) is 18.6. The number of nitrogens with zero attached hydrogens (tertiary/aromatic N) is 3. The Bertz CT molecular complexity index is 818. The Hall–Kier alpha value is -1.88. The molecule has 0 N–H and O–H groups in total. The van der Waals surface area contributed by atoms with Gasteiger partial charge in [0.1, 0.15) is 0 Å². The van der Waals surface area contributed by atoms with E-state index in [1.54, 1.807) is 0 Å². The van der Waals surface area contributed by atoms with Crippen molar-refractivity contribution in [3.05, 3.63) is 70.7 Å². The van der Waals surface area contributed by atoms with E-state index in [1.807, 2.05) is 12.1 Å². The Balaban J connectivity index is 1.47. The van der Waals surface area contributed by atoms with Gasteiger partial charge in [0.05, 0.1) is 12.1 Å². The molecule has 2 saturated heterocycles. The Morgan fingerprint density at radius 2 is 1.60 bits per heavy atom. The van der Waals surface area contributed by atoms with E-state index in [2.05, 4.69) is 64.1 Å². The van der Waals surface area contributed by atoms with E-state index in [9.17, 15) is 4.79 Å². The van der Waals surface area contributed by atoms with Crippen molar-refractivity contribution in [2.75, 3.05) is 39.3 Å². The summed E-state index contributed by atoms with van der Waals surface area (Å²) >= 11 is 6.14. The molecule has 0 radical (unpaired) electrons. The lowest BCUT2D eigenvalue weighted by Gasteiger charge is -2.42. The smallest absolute Gasteiger partial charge is 0.240 e. The molecule has 1 unspecified atom stereocenters. The van der Waals surface area contributed by atoms with Crippen LogP contribution in [-0.2, 0) is 4.79 Å². The van der Waals surface area contributed by atoms with Crippen molar-refractivity contribution in [2.45, 2.75) is 38.3 Å². The number of carbonyl (C=O) groups is 1. The SMILES string of the molecule is CCN1CCCC[C@H]1C(=O)N1CCN(C(c2ccccc2)c2ccc(Cl)cc2)CC1. The van der Waals surface area contributed by atoms with E-state index < -0.39 is 0 Å². The van der Waals surface area contributed by atoms with Gasteiger partial charge < -0.3 is 4.90 Å². The number of carbonyl (C=O) groups excluding carboxylic acids is 1. The Labute approximate surface area is 185 Å². The van der Waals surface area contributed by atoms with Gasteiger partial charge >= 0.3 is 0 Å². The largest absolute Gasteiger partial charge is 0.339 e. The van der Waals surface area contributed by atoms with E-state index >= 15 is 0 Å². The van der Waals surface area contributed by atoms with E-state index in [4.69, 9.17) is 11.6 Å². The second-order valence-electron chi connectivity index (χ2n) is 8.37. The number of likely N-dealkylation sites (N-methyl/N-ethyl adjacent to an activating group) is 1. The van der Waals surface area contributed by atoms with Gasteiger partial charge in [-0.15, -0.1) is 0 Å². The molecule has 0 aliphatic carbocycles. The van der Waals surface area contributed by atoms with Crippen molar-refractivity contribution in [1.82, 2.24) is 14.7 Å². The van der Waals surface area contributed by atoms with Crippen LogP contribution in [0.2, 0.25) is 5.02 Å². The van der Waals surface area contributed by atoms with E-state index in [0.29, 0.717) is 5.91 Å². The molecule has 0 spiro atoms. The summed E-state index contributed by atoms with van der Waals surface area (Å²) in [5.74, 6) is 0.332. The molecule has 1 amide bonds. The Kier molecular flexibility index (Phi) is 7.08. The number of likely N-dealkylation sites (tertiary alicyclic amines) is 1. The van der Waals surface area contributed by atoms with Gasteiger partial charge in [0, 0.05) is 31.2 Å². The van der Waals surface area contributed by atoms with Crippen LogP contribution in [-0.4, -0.2) is 65.9 Å². The highest BCUT2D eigenvalue weighted by Gasteiger charge is 2.34. The number of hydrogen-bond acceptors (Lipinski definition) is 3. The minimum atomic E-state index is 0.0801. The van der Waals surface area contributed by atoms with Crippen molar-refractivity contribution in [1.29, 1.82) is 0 Å². The molecule has 2 aliphatic heterocycles. The summed E-state index contributed by atoms with van der Waals surface area (Å²) in [5.41, 5.74) is 2.53. The fourth-order valence-electron chi connectivity index (χ4n) is 4.95. The number of piperazine rings is 1. The highest BCUT2D eigenvalue weighted by Crippen LogP contribution is 2.31. The fourth-order valence-corrected chi connectivity index (χ4v) is 5.08. The predicted molar refractivity (Wildman–Crippen MR) is 123 cm³/mol. The van der Waals surface area contributed by atoms with Gasteiger partial charge in [0.15, 0.2) is 0 Å². The van der Waals surface area contributed by atoms with Crippen LogP contribution in [0, 0.1) is 0 Å². The quantitative estimate of drug-likeness (QED) is 0.708. The summed E-state index contributed by atoms with van der Waals surface area (Å²) in [4.78, 5) is 20.2. The first-order chi connectivity index (χ1) is 14.7. The first-order valence-electron chi connectivity index (χ1n) is 11.2. The second kappa shape index (κ2) is 9.95. The second-order valence-corrected chi connectivity index (χ2v) is 8.80. The molecule has 2 aliphatic rings. The third-order valence-corrected chi connectivity index (χ3v) is 6.85. The molecule has 4 rings (SSSR count). The summed E-state index contributed by atoms with van der Waals surface area (Å²) in [7, 11) is 0. The van der Waals surface area contributed by atoms with Crippen molar-refractivity contribution < 1.29 is 4.79 Å². The zero-order chi connectivity index (χ0) is 20.9. The van der Waals surface area contributed by atoms with Crippen LogP contribution in [0.4, 0.5) is 0 Å². The summed E-state index contributed by atoms with van der Waals surface area (Å²) in [5, 5.41) is 0.758. The standard InChI is InChI=1S/C25H32ClN3O/c1-2-27-15-7-6-10-23(27)25(30)29-18-16-28(17-19-29)24(20-8-4-3-5-9-20)21-11-13-22(26)14-12-21/h3-5,8-9,11-14,23-24H,2,6-7,10,15-19H2,1H3/t23-,24?/m0/s1. The average molecular weight is 426 g/mol. The van der Waals surface area contributed by atoms with Crippen LogP contribution in [0.3, 0.4) is 0 Å². The fraction of sp³-hybridized carbons (Fsp3) is 0.480. The van der Waals surface area contributed by atoms with Gasteiger partial charge in [-0.1, -0.05) is 67.4 Å². The van der Waals surface area contributed by atoms with E-state index in [1.165, 1.54) is 24.0 Å². The van der Waals surface area contributed by atoms with Crippen molar-refractivity contribution in [2.24, 2.45) is 0 Å². The predicted octanol–water partition coefficient (Wildman–Crippen LogP) is 4.45. The summed E-state index contributed by atoms with van der Waals surface area (Å²) in [6.07, 6.45) is 3.38. The molecular formula is C25H32ClN3O. The molecular weight excluding hydrogens is 394 g/mol. The molecule has 2 fully saturated rings. The summed E-state index contributed by atoms with van der Waals surface area (Å²) in [6.45, 7) is 7.54. The first-order valence-corrected chi connectivity index (χ1v) is 11.6. The van der Waals surface area contributed by atoms with Crippen molar-refractivity contribution in [3.8, 4) is 0 Å². The molecule has 2 heterocycles. The van der Waals surface area contributed by atoms with E-state index in [0.717, 1.165) is 50.7 Å². The van der Waals surface area contributed by atoms with Crippen molar-refractivity contribution in [3.63, 3.8) is 0 Å². The van der Waals surface area contributed by atoms with Gasteiger partial charge in [-0.25, -0.2) is 0 Å². The maximum Gasteiger partial charge on any atom is 0.240 e. The molecule has 0 bridgehead atoms. The monoisotopic (exact) mass is 425 g/mol. The van der Waals surface area contributed by atoms with Crippen LogP contribution in [0.5, 0.6) is 0 Å². The van der Waals surface area contributed by atoms with Crippen LogP contribution < -0.4 is 0 Å². The number of piperidine rings is 1. The normalized spacial score (nSPS) is 22.1. The maximum absolute atomic E-state index is 13.2. The molecule has 30 heavy (non-hydrogen) atoms. The van der Waals surface area contributed by atoms with Gasteiger partial charge in [-0.2, -0.15) is 0 Å². The Morgan fingerprint density at radius 1 is 0.933 bits per heavy atom. The molecule has 0 saturated carbocycles. The lowest BCUT2D eigenvalue weighted by molar-refractivity contribution is -0.140. The third kappa shape index (κ3) is 4.72. The minimum Gasteiger partial charge on any atom is -0.339 e. The molecule has 0 aromatic heterocycles. The average Bonchev–Trinajstić information content (AvgIpc) is 2.81. The Morgan fingerprint density at radius 3 is 2.27 bits per heavy atom. The molecule has 2 atom stereocenters. The van der Waals surface area contributed by atoms with Gasteiger partial charge in [-0.05, 0) is 49.2 Å². The number of benzene rings is 2. The summed E-state index contributed by atoms with van der Waals surface area (Å²) in [6, 6.07) is 19.1. The molecule has 2 aromatic rings. The topological polar surface area (TPSA) is 26.8 Å². The minimum absolute atomic E-state index is 0.0801. The highest BCUT2D eigenvalue weighted by atomic mass is 35.5.